The van der Waals surface area contributed by atoms with Crippen LogP contribution in [0.5, 0.6) is 0 Å². The van der Waals surface area contributed by atoms with Gasteiger partial charge in [0.25, 0.3) is 0 Å². The molecule has 1 aliphatic heterocycles. The molecule has 1 aromatic carbocycles. The van der Waals surface area contributed by atoms with Crippen molar-refractivity contribution in [3.8, 4) is 0 Å². The fourth-order valence-electron chi connectivity index (χ4n) is 3.36. The molecule has 0 amide bonds. The molecule has 0 spiro atoms. The second-order valence-corrected chi connectivity index (χ2v) is 6.40. The molecule has 2 atom stereocenters. The maximum absolute atomic E-state index is 3.54. The van der Waals surface area contributed by atoms with Gasteiger partial charge in [0.15, 0.2) is 0 Å². The first kappa shape index (κ1) is 15.6. The Morgan fingerprint density at radius 1 is 1.00 bits per heavy atom. The molecule has 1 saturated heterocycles. The molecule has 1 aliphatic rings. The first-order chi connectivity index (χ1) is 9.81. The van der Waals surface area contributed by atoms with E-state index in [0.717, 1.165) is 5.92 Å². The van der Waals surface area contributed by atoms with Crippen LogP contribution in [-0.4, -0.2) is 12.6 Å². The number of hydrogen-bond acceptors (Lipinski definition) is 1. The zero-order valence-corrected chi connectivity index (χ0v) is 13.3. The quantitative estimate of drug-likeness (QED) is 0.653. The fraction of sp³-hybridized carbons (Fsp3) is 0.684. The van der Waals surface area contributed by atoms with Crippen LogP contribution in [-0.2, 0) is 6.42 Å². The average Bonchev–Trinajstić information content (AvgIpc) is 2.90. The standard InChI is InChI=1S/C19H31N/c1-3-4-5-6-7-8-9-17-10-12-18(13-11-17)19-14-15-20-16(19)2/h10-13,16,19-20H,3-9,14-15H2,1-2H3/t16-,19+/m1/s1. The summed E-state index contributed by atoms with van der Waals surface area (Å²) in [6.45, 7) is 5.76. The van der Waals surface area contributed by atoms with E-state index in [9.17, 15) is 0 Å². The lowest BCUT2D eigenvalue weighted by Crippen LogP contribution is -2.21. The van der Waals surface area contributed by atoms with Crippen LogP contribution in [0.4, 0.5) is 0 Å². The minimum atomic E-state index is 0.638. The summed E-state index contributed by atoms with van der Waals surface area (Å²) in [5, 5.41) is 3.54. The highest BCUT2D eigenvalue weighted by Crippen LogP contribution is 2.27. The van der Waals surface area contributed by atoms with Gasteiger partial charge < -0.3 is 5.32 Å². The summed E-state index contributed by atoms with van der Waals surface area (Å²) in [5.41, 5.74) is 3.04. The monoisotopic (exact) mass is 273 g/mol. The molecule has 112 valence electrons. The minimum Gasteiger partial charge on any atom is -0.314 e. The van der Waals surface area contributed by atoms with Crippen molar-refractivity contribution in [3.63, 3.8) is 0 Å². The molecule has 1 heterocycles. The van der Waals surface area contributed by atoms with Crippen LogP contribution in [0.25, 0.3) is 0 Å². The highest BCUT2D eigenvalue weighted by atomic mass is 14.9. The molecule has 0 aromatic heterocycles. The molecule has 1 heteroatoms. The van der Waals surface area contributed by atoms with E-state index in [1.54, 1.807) is 0 Å². The van der Waals surface area contributed by atoms with E-state index in [1.807, 2.05) is 0 Å². The Bertz CT molecular complexity index is 368. The first-order valence-corrected chi connectivity index (χ1v) is 8.63. The van der Waals surface area contributed by atoms with Gasteiger partial charge in [0.2, 0.25) is 0 Å². The summed E-state index contributed by atoms with van der Waals surface area (Å²) in [4.78, 5) is 0. The van der Waals surface area contributed by atoms with Crippen molar-refractivity contribution in [2.24, 2.45) is 0 Å². The highest BCUT2D eigenvalue weighted by molar-refractivity contribution is 5.27. The van der Waals surface area contributed by atoms with Crippen molar-refractivity contribution in [1.82, 2.24) is 5.32 Å². The molecule has 0 radical (unpaired) electrons. The molecule has 2 rings (SSSR count). The molecule has 0 bridgehead atoms. The number of aryl methyl sites for hydroxylation is 1. The Labute approximate surface area is 125 Å². The Balaban J connectivity index is 1.71. The largest absolute Gasteiger partial charge is 0.314 e. The van der Waals surface area contributed by atoms with E-state index in [2.05, 4.69) is 43.4 Å². The normalized spacial score (nSPS) is 22.3. The van der Waals surface area contributed by atoms with Crippen LogP contribution in [0, 0.1) is 0 Å². The topological polar surface area (TPSA) is 12.0 Å². The van der Waals surface area contributed by atoms with Gasteiger partial charge in [0.05, 0.1) is 0 Å². The third-order valence-electron chi connectivity index (χ3n) is 4.75. The molecule has 0 aliphatic carbocycles. The maximum atomic E-state index is 3.54. The number of benzene rings is 1. The van der Waals surface area contributed by atoms with Gasteiger partial charge in [-0.05, 0) is 43.9 Å². The van der Waals surface area contributed by atoms with E-state index in [-0.39, 0.29) is 0 Å². The summed E-state index contributed by atoms with van der Waals surface area (Å²) < 4.78 is 0. The van der Waals surface area contributed by atoms with Crippen LogP contribution < -0.4 is 5.32 Å². The van der Waals surface area contributed by atoms with Crippen molar-refractivity contribution in [1.29, 1.82) is 0 Å². The van der Waals surface area contributed by atoms with E-state index in [1.165, 1.54) is 69.0 Å². The summed E-state index contributed by atoms with van der Waals surface area (Å²) in [6.07, 6.45) is 10.9. The predicted molar refractivity (Wildman–Crippen MR) is 88.3 cm³/mol. The summed E-state index contributed by atoms with van der Waals surface area (Å²) in [5.74, 6) is 0.720. The number of unbranched alkanes of at least 4 members (excludes halogenated alkanes) is 5. The Hall–Kier alpha value is -0.820. The van der Waals surface area contributed by atoms with Crippen molar-refractivity contribution in [2.75, 3.05) is 6.54 Å². The van der Waals surface area contributed by atoms with Gasteiger partial charge in [-0.3, -0.25) is 0 Å². The Kier molecular flexibility index (Phi) is 6.59. The molecule has 1 fully saturated rings. The number of hydrogen-bond donors (Lipinski definition) is 1. The zero-order chi connectivity index (χ0) is 14.2. The number of rotatable bonds is 8. The van der Waals surface area contributed by atoms with Gasteiger partial charge in [0.1, 0.15) is 0 Å². The van der Waals surface area contributed by atoms with Crippen molar-refractivity contribution >= 4 is 0 Å². The molecule has 1 N–H and O–H groups in total. The van der Waals surface area contributed by atoms with Crippen molar-refractivity contribution < 1.29 is 0 Å². The molecular weight excluding hydrogens is 242 g/mol. The van der Waals surface area contributed by atoms with Gasteiger partial charge in [-0.25, -0.2) is 0 Å². The maximum Gasteiger partial charge on any atom is 0.0108 e. The van der Waals surface area contributed by atoms with Crippen molar-refractivity contribution in [2.45, 2.75) is 77.2 Å². The first-order valence-electron chi connectivity index (χ1n) is 8.63. The SMILES string of the molecule is CCCCCCCCc1ccc([C@H]2CCN[C@@H]2C)cc1. The van der Waals surface area contributed by atoms with Gasteiger partial charge in [-0.15, -0.1) is 0 Å². The lowest BCUT2D eigenvalue weighted by atomic mass is 9.92. The third-order valence-corrected chi connectivity index (χ3v) is 4.75. The summed E-state index contributed by atoms with van der Waals surface area (Å²) >= 11 is 0. The minimum absolute atomic E-state index is 0.638. The van der Waals surface area contributed by atoms with Gasteiger partial charge in [-0.2, -0.15) is 0 Å². The van der Waals surface area contributed by atoms with Crippen molar-refractivity contribution in [3.05, 3.63) is 35.4 Å². The van der Waals surface area contributed by atoms with Crippen LogP contribution in [0.3, 0.4) is 0 Å². The van der Waals surface area contributed by atoms with Gasteiger partial charge >= 0.3 is 0 Å². The lowest BCUT2D eigenvalue weighted by molar-refractivity contribution is 0.593. The lowest BCUT2D eigenvalue weighted by Gasteiger charge is -2.15. The van der Waals surface area contributed by atoms with Crippen LogP contribution in [0.15, 0.2) is 24.3 Å². The molecule has 1 nitrogen and oxygen atoms in total. The molecule has 20 heavy (non-hydrogen) atoms. The number of nitrogens with one attached hydrogen (secondary N) is 1. The predicted octanol–water partition coefficient (Wildman–Crippen LogP) is 5.06. The van der Waals surface area contributed by atoms with E-state index < -0.39 is 0 Å². The fourth-order valence-corrected chi connectivity index (χ4v) is 3.36. The van der Waals surface area contributed by atoms with Gasteiger partial charge in [0, 0.05) is 12.0 Å². The van der Waals surface area contributed by atoms with Gasteiger partial charge in [-0.1, -0.05) is 63.3 Å². The molecule has 0 unspecified atom stereocenters. The third kappa shape index (κ3) is 4.63. The summed E-state index contributed by atoms with van der Waals surface area (Å²) in [7, 11) is 0. The zero-order valence-electron chi connectivity index (χ0n) is 13.3. The van der Waals surface area contributed by atoms with Crippen LogP contribution in [0.1, 0.15) is 75.8 Å². The smallest absolute Gasteiger partial charge is 0.0108 e. The van der Waals surface area contributed by atoms with Crippen LogP contribution in [0.2, 0.25) is 0 Å². The molecule has 1 aromatic rings. The van der Waals surface area contributed by atoms with E-state index in [4.69, 9.17) is 0 Å². The molecule has 0 saturated carbocycles. The van der Waals surface area contributed by atoms with E-state index in [0.29, 0.717) is 6.04 Å². The average molecular weight is 273 g/mol. The molecular formula is C19H31N. The Morgan fingerprint density at radius 2 is 1.70 bits per heavy atom. The van der Waals surface area contributed by atoms with Crippen LogP contribution >= 0.6 is 0 Å². The second-order valence-electron chi connectivity index (χ2n) is 6.40. The highest BCUT2D eigenvalue weighted by Gasteiger charge is 2.23. The van der Waals surface area contributed by atoms with E-state index >= 15 is 0 Å². The second kappa shape index (κ2) is 8.46. The summed E-state index contributed by atoms with van der Waals surface area (Å²) in [6, 6.07) is 10.1. The Morgan fingerprint density at radius 3 is 2.35 bits per heavy atom.